The predicted octanol–water partition coefficient (Wildman–Crippen LogP) is 2.71. The minimum atomic E-state index is -0.370. The highest BCUT2D eigenvalue weighted by Gasteiger charge is 2.07. The second-order valence-electron chi connectivity index (χ2n) is 4.93. The molecule has 0 heterocycles. The molecule has 0 aliphatic rings. The van der Waals surface area contributed by atoms with Gasteiger partial charge in [0.05, 0.1) is 12.8 Å². The van der Waals surface area contributed by atoms with Gasteiger partial charge in [0.25, 0.3) is 5.91 Å². The van der Waals surface area contributed by atoms with E-state index in [1.807, 2.05) is 13.0 Å². The lowest BCUT2D eigenvalue weighted by Gasteiger charge is -2.10. The van der Waals surface area contributed by atoms with E-state index in [2.05, 4.69) is 10.5 Å². The van der Waals surface area contributed by atoms with E-state index in [0.29, 0.717) is 23.6 Å². The molecule has 1 amide bonds. The predicted molar refractivity (Wildman–Crippen MR) is 91.6 cm³/mol. The number of hydrogen-bond donors (Lipinski definition) is 2. The van der Waals surface area contributed by atoms with Crippen LogP contribution in [-0.4, -0.2) is 30.4 Å². The first-order valence-corrected chi connectivity index (χ1v) is 7.54. The number of phenols is 1. The number of amides is 1. The molecule has 0 radical (unpaired) electrons. The number of hydrazone groups is 1. The zero-order valence-electron chi connectivity index (χ0n) is 13.7. The third-order valence-corrected chi connectivity index (χ3v) is 3.28. The normalized spacial score (nSPS) is 11.0. The first-order valence-electron chi connectivity index (χ1n) is 7.54. The monoisotopic (exact) mass is 328 g/mol. The van der Waals surface area contributed by atoms with Crippen LogP contribution >= 0.6 is 0 Å². The molecule has 0 aromatic heterocycles. The zero-order valence-corrected chi connectivity index (χ0v) is 13.7. The lowest BCUT2D eigenvalue weighted by molar-refractivity contribution is -0.123. The molecule has 6 nitrogen and oxygen atoms in total. The molecule has 0 bridgehead atoms. The van der Waals surface area contributed by atoms with E-state index in [4.69, 9.17) is 9.47 Å². The number of rotatable bonds is 7. The lowest BCUT2D eigenvalue weighted by atomic mass is 10.1. The van der Waals surface area contributed by atoms with Gasteiger partial charge >= 0.3 is 0 Å². The standard InChI is InChI=1S/C18H20N2O4/c1-3-15(13-8-10-14(21)11-9-13)19-20-18(22)12-24-17-7-5-4-6-16(17)23-2/h4-11,21H,3,12H2,1-2H3,(H,20,22). The molecule has 0 atom stereocenters. The Morgan fingerprint density at radius 2 is 1.79 bits per heavy atom. The number of ether oxygens (including phenoxy) is 2. The summed E-state index contributed by atoms with van der Waals surface area (Å²) in [6.07, 6.45) is 0.637. The van der Waals surface area contributed by atoms with Gasteiger partial charge in [-0.25, -0.2) is 5.43 Å². The maximum Gasteiger partial charge on any atom is 0.277 e. The van der Waals surface area contributed by atoms with Crippen molar-refractivity contribution >= 4 is 11.6 Å². The molecule has 0 unspecified atom stereocenters. The number of phenolic OH excluding ortho intramolecular Hbond substituents is 1. The van der Waals surface area contributed by atoms with Crippen LogP contribution in [0.5, 0.6) is 17.2 Å². The zero-order chi connectivity index (χ0) is 17.4. The van der Waals surface area contributed by atoms with Crippen molar-refractivity contribution in [2.45, 2.75) is 13.3 Å². The number of aromatic hydroxyl groups is 1. The fourth-order valence-electron chi connectivity index (χ4n) is 2.04. The minimum Gasteiger partial charge on any atom is -0.508 e. The Hall–Kier alpha value is -3.02. The van der Waals surface area contributed by atoms with Gasteiger partial charge in [0.15, 0.2) is 18.1 Å². The van der Waals surface area contributed by atoms with E-state index < -0.39 is 0 Å². The summed E-state index contributed by atoms with van der Waals surface area (Å²) in [4.78, 5) is 11.9. The minimum absolute atomic E-state index is 0.170. The number of hydrogen-bond acceptors (Lipinski definition) is 5. The van der Waals surface area contributed by atoms with Crippen LogP contribution in [-0.2, 0) is 4.79 Å². The van der Waals surface area contributed by atoms with Crippen LogP contribution in [0.1, 0.15) is 18.9 Å². The Bertz CT molecular complexity index is 711. The molecule has 126 valence electrons. The van der Waals surface area contributed by atoms with Crippen molar-refractivity contribution in [3.05, 3.63) is 54.1 Å². The fraction of sp³-hybridized carbons (Fsp3) is 0.222. The van der Waals surface area contributed by atoms with E-state index in [1.54, 1.807) is 42.5 Å². The summed E-state index contributed by atoms with van der Waals surface area (Å²) in [5, 5.41) is 13.4. The molecule has 2 rings (SSSR count). The largest absolute Gasteiger partial charge is 0.508 e. The molecule has 6 heteroatoms. The summed E-state index contributed by atoms with van der Waals surface area (Å²) in [6.45, 7) is 1.76. The van der Waals surface area contributed by atoms with Gasteiger partial charge in [-0.15, -0.1) is 0 Å². The smallest absolute Gasteiger partial charge is 0.277 e. The van der Waals surface area contributed by atoms with E-state index in [-0.39, 0.29) is 18.3 Å². The average molecular weight is 328 g/mol. The summed E-state index contributed by atoms with van der Waals surface area (Å²) in [7, 11) is 1.54. The highest BCUT2D eigenvalue weighted by molar-refractivity contribution is 6.01. The van der Waals surface area contributed by atoms with E-state index >= 15 is 0 Å². The van der Waals surface area contributed by atoms with Crippen LogP contribution in [0.2, 0.25) is 0 Å². The first kappa shape index (κ1) is 17.3. The number of benzene rings is 2. The third-order valence-electron chi connectivity index (χ3n) is 3.28. The molecule has 2 aromatic carbocycles. The van der Waals surface area contributed by atoms with Gasteiger partial charge in [-0.3, -0.25) is 4.79 Å². The first-order chi connectivity index (χ1) is 11.6. The topological polar surface area (TPSA) is 80.2 Å². The van der Waals surface area contributed by atoms with Gasteiger partial charge in [0.2, 0.25) is 0 Å². The van der Waals surface area contributed by atoms with Crippen molar-refractivity contribution in [1.29, 1.82) is 0 Å². The van der Waals surface area contributed by atoms with Crippen LogP contribution in [0.3, 0.4) is 0 Å². The van der Waals surface area contributed by atoms with Crippen molar-refractivity contribution in [1.82, 2.24) is 5.43 Å². The van der Waals surface area contributed by atoms with Crippen LogP contribution in [0.25, 0.3) is 0 Å². The summed E-state index contributed by atoms with van der Waals surface area (Å²) in [5.74, 6) is 0.870. The SMILES string of the molecule is CCC(=NNC(=O)COc1ccccc1OC)c1ccc(O)cc1. The molecule has 0 aliphatic heterocycles. The number of methoxy groups -OCH3 is 1. The number of nitrogens with zero attached hydrogens (tertiary/aromatic N) is 1. The van der Waals surface area contributed by atoms with Crippen LogP contribution < -0.4 is 14.9 Å². The summed E-state index contributed by atoms with van der Waals surface area (Å²) >= 11 is 0. The maximum atomic E-state index is 11.9. The summed E-state index contributed by atoms with van der Waals surface area (Å²) in [5.41, 5.74) is 4.02. The molecular weight excluding hydrogens is 308 g/mol. The summed E-state index contributed by atoms with van der Waals surface area (Å²) < 4.78 is 10.6. The summed E-state index contributed by atoms with van der Waals surface area (Å²) in [6, 6.07) is 13.7. The molecule has 24 heavy (non-hydrogen) atoms. The highest BCUT2D eigenvalue weighted by Crippen LogP contribution is 2.25. The number of para-hydroxylation sites is 2. The van der Waals surface area contributed by atoms with Gasteiger partial charge < -0.3 is 14.6 Å². The third kappa shape index (κ3) is 4.74. The van der Waals surface area contributed by atoms with Gasteiger partial charge in [-0.1, -0.05) is 19.1 Å². The van der Waals surface area contributed by atoms with Crippen molar-refractivity contribution in [3.8, 4) is 17.2 Å². The average Bonchev–Trinajstić information content (AvgIpc) is 2.62. The number of carbonyl (C=O) groups is 1. The van der Waals surface area contributed by atoms with E-state index in [9.17, 15) is 9.90 Å². The van der Waals surface area contributed by atoms with Crippen LogP contribution in [0.15, 0.2) is 53.6 Å². The van der Waals surface area contributed by atoms with Gasteiger partial charge in [0, 0.05) is 0 Å². The maximum absolute atomic E-state index is 11.9. The molecule has 2 N–H and O–H groups in total. The van der Waals surface area contributed by atoms with Crippen LogP contribution in [0, 0.1) is 0 Å². The number of nitrogens with one attached hydrogen (secondary N) is 1. The molecular formula is C18H20N2O4. The van der Waals surface area contributed by atoms with Crippen molar-refractivity contribution < 1.29 is 19.4 Å². The van der Waals surface area contributed by atoms with Crippen molar-refractivity contribution in [2.24, 2.45) is 5.10 Å². The second kappa shape index (κ2) is 8.57. The highest BCUT2D eigenvalue weighted by atomic mass is 16.5. The van der Waals surface area contributed by atoms with Crippen LogP contribution in [0.4, 0.5) is 0 Å². The Balaban J connectivity index is 1.94. The van der Waals surface area contributed by atoms with Gasteiger partial charge in [-0.05, 0) is 48.4 Å². The molecule has 0 fully saturated rings. The van der Waals surface area contributed by atoms with Gasteiger partial charge in [0.1, 0.15) is 5.75 Å². The fourth-order valence-corrected chi connectivity index (χ4v) is 2.04. The van der Waals surface area contributed by atoms with E-state index in [1.165, 1.54) is 7.11 Å². The van der Waals surface area contributed by atoms with E-state index in [0.717, 1.165) is 5.56 Å². The Labute approximate surface area is 140 Å². The molecule has 0 saturated carbocycles. The Morgan fingerprint density at radius 1 is 1.12 bits per heavy atom. The Kier molecular flexibility index (Phi) is 6.19. The molecule has 2 aromatic rings. The molecule has 0 saturated heterocycles. The Morgan fingerprint density at radius 3 is 2.42 bits per heavy atom. The lowest BCUT2D eigenvalue weighted by Crippen LogP contribution is -2.26. The van der Waals surface area contributed by atoms with Crippen molar-refractivity contribution in [2.75, 3.05) is 13.7 Å². The van der Waals surface area contributed by atoms with Crippen molar-refractivity contribution in [3.63, 3.8) is 0 Å². The second-order valence-corrected chi connectivity index (χ2v) is 4.93. The molecule has 0 aliphatic carbocycles. The van der Waals surface area contributed by atoms with Gasteiger partial charge in [-0.2, -0.15) is 5.10 Å². The quantitative estimate of drug-likeness (QED) is 0.605. The number of carbonyl (C=O) groups excluding carboxylic acids is 1. The molecule has 0 spiro atoms.